The van der Waals surface area contributed by atoms with Crippen molar-refractivity contribution < 1.29 is 0 Å². The number of nitrogens with one attached hydrogen (secondary N) is 1. The van der Waals surface area contributed by atoms with Gasteiger partial charge in [0.1, 0.15) is 0 Å². The molecule has 4 rings (SSSR count). The summed E-state index contributed by atoms with van der Waals surface area (Å²) < 4.78 is 0. The Balaban J connectivity index is 1.86. The maximum absolute atomic E-state index is 4.50. The number of rotatable bonds is 3. The summed E-state index contributed by atoms with van der Waals surface area (Å²) in [6.07, 6.45) is 0.501. The molecule has 10 nitrogen and oxygen atoms in total. The minimum atomic E-state index is 0.364. The van der Waals surface area contributed by atoms with Gasteiger partial charge in [0, 0.05) is 12.2 Å². The van der Waals surface area contributed by atoms with Gasteiger partial charge in [-0.3, -0.25) is 10.3 Å². The fourth-order valence-electron chi connectivity index (χ4n) is 2.16. The van der Waals surface area contributed by atoms with E-state index in [4.69, 9.17) is 0 Å². The van der Waals surface area contributed by atoms with Crippen LogP contribution in [0.5, 0.6) is 0 Å². The van der Waals surface area contributed by atoms with Gasteiger partial charge >= 0.3 is 0 Å². The van der Waals surface area contributed by atoms with Crippen molar-refractivity contribution in [2.24, 2.45) is 0 Å². The lowest BCUT2D eigenvalue weighted by Crippen LogP contribution is -1.97. The maximum Gasteiger partial charge on any atom is 0.196 e. The van der Waals surface area contributed by atoms with Gasteiger partial charge in [-0.2, -0.15) is 10.4 Å². The van der Waals surface area contributed by atoms with Crippen molar-refractivity contribution in [1.29, 1.82) is 0 Å². The smallest absolute Gasteiger partial charge is 0.196 e. The van der Waals surface area contributed by atoms with Gasteiger partial charge in [-0.05, 0) is 40.1 Å². The average Bonchev–Trinajstić information content (AvgIpc) is 3.21. The van der Waals surface area contributed by atoms with Crippen LogP contribution in [-0.4, -0.2) is 41.1 Å². The number of hydrogen-bond donors (Lipinski definition) is 1. The first-order chi connectivity index (χ1) is 10.3. The van der Waals surface area contributed by atoms with E-state index in [0.29, 0.717) is 23.9 Å². The number of H-pyrrole nitrogens is 1. The van der Waals surface area contributed by atoms with Crippen LogP contribution in [-0.2, 0) is 6.42 Å². The van der Waals surface area contributed by atoms with Crippen LogP contribution in [0.2, 0.25) is 0 Å². The molecule has 0 amide bonds. The summed E-state index contributed by atoms with van der Waals surface area (Å²) in [5.74, 6) is 1.35. The van der Waals surface area contributed by atoms with Gasteiger partial charge in [0.05, 0.1) is 0 Å². The van der Waals surface area contributed by atoms with Crippen LogP contribution in [0.4, 0.5) is 0 Å². The Bertz CT molecular complexity index is 873. The van der Waals surface area contributed by atoms with E-state index in [1.807, 2.05) is 19.1 Å². The highest BCUT2D eigenvalue weighted by molar-refractivity contribution is 5.82. The van der Waals surface area contributed by atoms with Gasteiger partial charge in [0.15, 0.2) is 5.82 Å². The molecule has 104 valence electrons. The molecule has 3 heterocycles. The third-order valence-corrected chi connectivity index (χ3v) is 3.18. The van der Waals surface area contributed by atoms with Crippen LogP contribution < -0.4 is 10.1 Å². The summed E-state index contributed by atoms with van der Waals surface area (Å²) in [5.41, 5.74) is 3.61. The molecule has 0 radical (unpaired) electrons. The number of benzene rings is 1. The monoisotopic (exact) mass is 280 g/mol. The summed E-state index contributed by atoms with van der Waals surface area (Å²) in [5, 5.41) is 28.4. The summed E-state index contributed by atoms with van der Waals surface area (Å²) in [4.78, 5) is 8.92. The zero-order valence-corrected chi connectivity index (χ0v) is 10.9. The molecule has 1 N–H and O–H groups in total. The van der Waals surface area contributed by atoms with Crippen molar-refractivity contribution in [3.8, 4) is 11.6 Å². The third-order valence-electron chi connectivity index (χ3n) is 3.18. The fraction of sp³-hybridized carbons (Fsp3) is 0.182. The van der Waals surface area contributed by atoms with Crippen molar-refractivity contribution in [3.63, 3.8) is 0 Å². The Morgan fingerprint density at radius 2 is 2.19 bits per heavy atom. The topological polar surface area (TPSA) is 134 Å². The molecular formula is C11H8N10-2. The first-order valence-electron chi connectivity index (χ1n) is 6.15. The Labute approximate surface area is 117 Å². The van der Waals surface area contributed by atoms with E-state index in [1.54, 1.807) is 0 Å². The van der Waals surface area contributed by atoms with E-state index in [0.717, 1.165) is 22.2 Å². The zero-order valence-electron chi connectivity index (χ0n) is 10.9. The lowest BCUT2D eigenvalue weighted by molar-refractivity contribution is 0.870. The standard InChI is InChI=1S/C11H8N10/c1-5-2-3-7-9(6(5)4-8-14-18-19-15-8)13-10(12-7)11-16-20-21-17-11/h2-3H,4H2,1H3,(H-2,12,13,14,15,16,17,18,19,20,21)/q-2. The van der Waals surface area contributed by atoms with Crippen LogP contribution in [0.25, 0.3) is 22.7 Å². The second-order valence-electron chi connectivity index (χ2n) is 4.48. The van der Waals surface area contributed by atoms with Crippen LogP contribution in [0.1, 0.15) is 17.0 Å². The minimum Gasteiger partial charge on any atom is -0.433 e. The SMILES string of the molecule is Cc1ccc2nc(-c3nn[nH]n3)[n-]c2c1Cc1nnn[n-]1. The minimum absolute atomic E-state index is 0.364. The van der Waals surface area contributed by atoms with Crippen molar-refractivity contribution in [2.75, 3.05) is 0 Å². The molecule has 0 saturated heterocycles. The average molecular weight is 280 g/mol. The first kappa shape index (κ1) is 11.6. The highest BCUT2D eigenvalue weighted by Gasteiger charge is 2.06. The largest absolute Gasteiger partial charge is 0.433 e. The lowest BCUT2D eigenvalue weighted by Gasteiger charge is -2.09. The molecule has 3 aromatic heterocycles. The molecule has 0 saturated carbocycles. The number of nitrogens with zero attached hydrogens (tertiary/aromatic N) is 9. The second kappa shape index (κ2) is 4.44. The highest BCUT2D eigenvalue weighted by atomic mass is 15.5. The number of tetrazole rings is 2. The van der Waals surface area contributed by atoms with Crippen molar-refractivity contribution >= 4 is 11.0 Å². The van der Waals surface area contributed by atoms with E-state index >= 15 is 0 Å². The van der Waals surface area contributed by atoms with Crippen molar-refractivity contribution in [3.05, 3.63) is 29.1 Å². The predicted octanol–water partition coefficient (Wildman–Crippen LogP) is -0.586. The van der Waals surface area contributed by atoms with E-state index in [-0.39, 0.29) is 0 Å². The molecule has 0 fully saturated rings. The Hall–Kier alpha value is -3.17. The number of aromatic amines is 1. The van der Waals surface area contributed by atoms with E-state index in [2.05, 4.69) is 51.2 Å². The summed E-state index contributed by atoms with van der Waals surface area (Å²) in [6, 6.07) is 3.89. The quantitative estimate of drug-likeness (QED) is 0.522. The highest BCUT2D eigenvalue weighted by Crippen LogP contribution is 2.23. The second-order valence-corrected chi connectivity index (χ2v) is 4.48. The van der Waals surface area contributed by atoms with Gasteiger partial charge in [-0.25, -0.2) is 0 Å². The third kappa shape index (κ3) is 1.93. The molecule has 0 unspecified atom stereocenters. The Morgan fingerprint density at radius 1 is 1.24 bits per heavy atom. The Morgan fingerprint density at radius 3 is 2.95 bits per heavy atom. The molecule has 0 aliphatic rings. The summed E-state index contributed by atoms with van der Waals surface area (Å²) in [6.45, 7) is 2.00. The van der Waals surface area contributed by atoms with Crippen LogP contribution >= 0.6 is 0 Å². The molecule has 0 spiro atoms. The van der Waals surface area contributed by atoms with Crippen molar-refractivity contribution in [1.82, 2.24) is 51.2 Å². The van der Waals surface area contributed by atoms with Gasteiger partial charge in [-0.15, -0.1) is 10.2 Å². The van der Waals surface area contributed by atoms with E-state index < -0.39 is 0 Å². The molecule has 21 heavy (non-hydrogen) atoms. The van der Waals surface area contributed by atoms with Crippen molar-refractivity contribution in [2.45, 2.75) is 13.3 Å². The van der Waals surface area contributed by atoms with Gasteiger partial charge in [0.25, 0.3) is 0 Å². The summed E-state index contributed by atoms with van der Waals surface area (Å²) >= 11 is 0. The molecule has 4 aromatic rings. The molecule has 10 heteroatoms. The zero-order chi connectivity index (χ0) is 14.2. The van der Waals surface area contributed by atoms with Gasteiger partial charge in [0.2, 0.25) is 0 Å². The number of aryl methyl sites for hydroxylation is 1. The summed E-state index contributed by atoms with van der Waals surface area (Å²) in [7, 11) is 0. The fourth-order valence-corrected chi connectivity index (χ4v) is 2.16. The molecular weight excluding hydrogens is 272 g/mol. The number of aromatic nitrogens is 10. The number of hydrogen-bond acceptors (Lipinski definition) is 7. The molecule has 0 atom stereocenters. The first-order valence-corrected chi connectivity index (χ1v) is 6.15. The van der Waals surface area contributed by atoms with Crippen LogP contribution in [0.15, 0.2) is 12.1 Å². The molecule has 1 aromatic carbocycles. The normalized spacial score (nSPS) is 11.3. The molecule has 0 bridgehead atoms. The van der Waals surface area contributed by atoms with Crippen LogP contribution in [0.3, 0.4) is 0 Å². The van der Waals surface area contributed by atoms with Gasteiger partial charge < -0.3 is 15.1 Å². The maximum atomic E-state index is 4.50. The molecule has 0 aliphatic heterocycles. The number of fused-ring (bicyclic) bond motifs is 1. The lowest BCUT2D eigenvalue weighted by atomic mass is 10.0. The molecule has 0 aliphatic carbocycles. The van der Waals surface area contributed by atoms with E-state index in [9.17, 15) is 0 Å². The van der Waals surface area contributed by atoms with Crippen LogP contribution in [0, 0.1) is 6.92 Å². The number of imidazole rings is 1. The predicted molar refractivity (Wildman–Crippen MR) is 68.9 cm³/mol. The van der Waals surface area contributed by atoms with Gasteiger partial charge in [-0.1, -0.05) is 12.1 Å². The Kier molecular flexibility index (Phi) is 2.46. The van der Waals surface area contributed by atoms with E-state index in [1.165, 1.54) is 0 Å².